The number of nitrogens with one attached hydrogen (secondary N) is 1. The molecule has 1 aromatic heterocycles. The number of ether oxygens (including phenoxy) is 2. The monoisotopic (exact) mass is 457 g/mol. The molecule has 8 heteroatoms. The molecule has 1 aliphatic rings. The Morgan fingerprint density at radius 1 is 1.17 bits per heavy atom. The Bertz CT molecular complexity index is 1140. The van der Waals surface area contributed by atoms with Crippen LogP contribution in [0.2, 0.25) is 0 Å². The Labute approximate surface area is 175 Å². The lowest BCUT2D eigenvalue weighted by molar-refractivity contribution is 0.0728. The van der Waals surface area contributed by atoms with Crippen molar-refractivity contribution in [2.24, 2.45) is 0 Å². The molecule has 0 radical (unpaired) electrons. The third-order valence-electron chi connectivity index (χ3n) is 5.16. The van der Waals surface area contributed by atoms with Gasteiger partial charge in [0, 0.05) is 11.0 Å². The first kappa shape index (κ1) is 19.4. The summed E-state index contributed by atoms with van der Waals surface area (Å²) < 4.78 is 11.1. The van der Waals surface area contributed by atoms with Gasteiger partial charge in [-0.05, 0) is 65.2 Å². The third-order valence-corrected chi connectivity index (χ3v) is 5.86. The maximum atomic E-state index is 13.3. The second-order valence-corrected chi connectivity index (χ2v) is 7.69. The fourth-order valence-electron chi connectivity index (χ4n) is 3.66. The van der Waals surface area contributed by atoms with E-state index >= 15 is 0 Å². The predicted molar refractivity (Wildman–Crippen MR) is 113 cm³/mol. The van der Waals surface area contributed by atoms with Gasteiger partial charge in [0.05, 0.1) is 36.7 Å². The van der Waals surface area contributed by atoms with E-state index in [0.717, 1.165) is 12.8 Å². The number of carbonyl (C=O) groups is 1. The third kappa shape index (κ3) is 3.60. The zero-order valence-electron chi connectivity index (χ0n) is 16.1. The molecule has 29 heavy (non-hydrogen) atoms. The Hall–Kier alpha value is -2.87. The van der Waals surface area contributed by atoms with Gasteiger partial charge < -0.3 is 19.4 Å². The van der Waals surface area contributed by atoms with Crippen molar-refractivity contribution in [1.29, 1.82) is 0 Å². The second kappa shape index (κ2) is 7.87. The van der Waals surface area contributed by atoms with E-state index in [1.54, 1.807) is 55.5 Å². The molecule has 1 fully saturated rings. The molecule has 4 rings (SSSR count). The molecule has 0 saturated carbocycles. The van der Waals surface area contributed by atoms with Crippen LogP contribution in [0.5, 0.6) is 11.5 Å². The molecule has 1 N–H and O–H groups in total. The molecular formula is C21H20BrN3O4. The number of aromatic nitrogens is 2. The number of H-pyrrole nitrogens is 1. The first-order valence-electron chi connectivity index (χ1n) is 9.24. The van der Waals surface area contributed by atoms with Gasteiger partial charge in [0.15, 0.2) is 0 Å². The topological polar surface area (TPSA) is 84.5 Å². The summed E-state index contributed by atoms with van der Waals surface area (Å²) in [7, 11) is 3.12. The minimum Gasteiger partial charge on any atom is -0.497 e. The summed E-state index contributed by atoms with van der Waals surface area (Å²) >= 11 is 3.45. The summed E-state index contributed by atoms with van der Waals surface area (Å²) in [5.74, 6) is 1.57. The van der Waals surface area contributed by atoms with E-state index in [1.807, 2.05) is 0 Å². The molecular weight excluding hydrogens is 438 g/mol. The van der Waals surface area contributed by atoms with Crippen LogP contribution in [0, 0.1) is 0 Å². The van der Waals surface area contributed by atoms with Crippen molar-refractivity contribution < 1.29 is 14.3 Å². The maximum absolute atomic E-state index is 13.3. The van der Waals surface area contributed by atoms with Gasteiger partial charge in [-0.15, -0.1) is 0 Å². The molecule has 150 valence electrons. The molecule has 0 unspecified atom stereocenters. The molecule has 3 aromatic rings. The van der Waals surface area contributed by atoms with Crippen molar-refractivity contribution in [1.82, 2.24) is 14.9 Å². The van der Waals surface area contributed by atoms with E-state index in [4.69, 9.17) is 9.47 Å². The van der Waals surface area contributed by atoms with Gasteiger partial charge in [-0.2, -0.15) is 0 Å². The van der Waals surface area contributed by atoms with E-state index in [1.165, 1.54) is 0 Å². The van der Waals surface area contributed by atoms with Gasteiger partial charge in [0.1, 0.15) is 17.3 Å². The quantitative estimate of drug-likeness (QED) is 0.645. The summed E-state index contributed by atoms with van der Waals surface area (Å²) in [5.41, 5.74) is 0.848. The van der Waals surface area contributed by atoms with Crippen molar-refractivity contribution in [2.45, 2.75) is 18.9 Å². The Morgan fingerprint density at radius 3 is 2.66 bits per heavy atom. The van der Waals surface area contributed by atoms with Crippen LogP contribution in [0.3, 0.4) is 0 Å². The number of hydrogen-bond acceptors (Lipinski definition) is 5. The lowest BCUT2D eigenvalue weighted by Gasteiger charge is -2.25. The molecule has 1 aliphatic heterocycles. The van der Waals surface area contributed by atoms with Crippen LogP contribution in [0.25, 0.3) is 10.9 Å². The van der Waals surface area contributed by atoms with E-state index in [9.17, 15) is 9.59 Å². The largest absolute Gasteiger partial charge is 0.497 e. The molecule has 1 saturated heterocycles. The van der Waals surface area contributed by atoms with Crippen LogP contribution in [-0.2, 0) is 0 Å². The van der Waals surface area contributed by atoms with Gasteiger partial charge >= 0.3 is 0 Å². The van der Waals surface area contributed by atoms with E-state index in [0.29, 0.717) is 44.8 Å². The minimum atomic E-state index is -0.292. The number of likely N-dealkylation sites (tertiary alicyclic amines) is 1. The van der Waals surface area contributed by atoms with Crippen LogP contribution in [0.4, 0.5) is 0 Å². The lowest BCUT2D eigenvalue weighted by Crippen LogP contribution is -2.32. The highest BCUT2D eigenvalue weighted by atomic mass is 79.9. The highest BCUT2D eigenvalue weighted by Crippen LogP contribution is 2.33. The normalized spacial score (nSPS) is 16.2. The van der Waals surface area contributed by atoms with Crippen molar-refractivity contribution in [3.05, 3.63) is 62.6 Å². The van der Waals surface area contributed by atoms with Gasteiger partial charge in [0.25, 0.3) is 11.5 Å². The molecule has 2 aromatic carbocycles. The van der Waals surface area contributed by atoms with Crippen molar-refractivity contribution in [3.63, 3.8) is 0 Å². The number of methoxy groups -OCH3 is 2. The summed E-state index contributed by atoms with van der Waals surface area (Å²) in [5, 5.41) is 0.458. The van der Waals surface area contributed by atoms with Gasteiger partial charge in [-0.1, -0.05) is 0 Å². The smallest absolute Gasteiger partial charge is 0.258 e. The molecule has 1 amide bonds. The number of fused-ring (bicyclic) bond motifs is 1. The summed E-state index contributed by atoms with van der Waals surface area (Å²) in [4.78, 5) is 35.1. The van der Waals surface area contributed by atoms with Gasteiger partial charge in [0.2, 0.25) is 0 Å². The SMILES string of the molecule is COc1ccc(Br)c(C(=O)N2CCC[C@H]2c2nc3ccc(OC)cc3c(=O)[nH]2)c1. The fraction of sp³-hybridized carbons (Fsp3) is 0.286. The number of benzene rings is 2. The van der Waals surface area contributed by atoms with Crippen molar-refractivity contribution in [3.8, 4) is 11.5 Å². The van der Waals surface area contributed by atoms with E-state index in [2.05, 4.69) is 25.9 Å². The highest BCUT2D eigenvalue weighted by molar-refractivity contribution is 9.10. The zero-order chi connectivity index (χ0) is 20.5. The van der Waals surface area contributed by atoms with Gasteiger partial charge in [-0.25, -0.2) is 4.98 Å². The molecule has 1 atom stereocenters. The summed E-state index contributed by atoms with van der Waals surface area (Å²) in [6, 6.07) is 10.2. The average molecular weight is 458 g/mol. The first-order chi connectivity index (χ1) is 14.0. The lowest BCUT2D eigenvalue weighted by atomic mass is 10.1. The number of hydrogen-bond donors (Lipinski definition) is 1. The number of nitrogens with zero attached hydrogens (tertiary/aromatic N) is 2. The van der Waals surface area contributed by atoms with E-state index < -0.39 is 0 Å². The average Bonchev–Trinajstić information content (AvgIpc) is 3.23. The van der Waals surface area contributed by atoms with E-state index in [-0.39, 0.29) is 17.5 Å². The number of carbonyl (C=O) groups excluding carboxylic acids is 1. The number of aromatic amines is 1. The Kier molecular flexibility index (Phi) is 5.27. The second-order valence-electron chi connectivity index (χ2n) is 6.84. The fourth-order valence-corrected chi connectivity index (χ4v) is 4.08. The summed E-state index contributed by atoms with van der Waals surface area (Å²) in [6.07, 6.45) is 1.57. The molecule has 2 heterocycles. The van der Waals surface area contributed by atoms with Crippen molar-refractivity contribution >= 4 is 32.7 Å². The maximum Gasteiger partial charge on any atom is 0.258 e. The standard InChI is InChI=1S/C21H20BrN3O4/c1-28-12-5-7-16(22)14(10-12)21(27)25-9-3-4-18(25)19-23-17-8-6-13(29-2)11-15(17)20(26)24-19/h5-8,10-11,18H,3-4,9H2,1-2H3,(H,23,24,26)/t18-/m0/s1. The number of amides is 1. The predicted octanol–water partition coefficient (Wildman–Crippen LogP) is 3.68. The van der Waals surface area contributed by atoms with Crippen LogP contribution >= 0.6 is 15.9 Å². The molecule has 7 nitrogen and oxygen atoms in total. The van der Waals surface area contributed by atoms with Crippen molar-refractivity contribution in [2.75, 3.05) is 20.8 Å². The van der Waals surface area contributed by atoms with Crippen LogP contribution < -0.4 is 15.0 Å². The minimum absolute atomic E-state index is 0.129. The first-order valence-corrected chi connectivity index (χ1v) is 10.0. The van der Waals surface area contributed by atoms with Gasteiger partial charge in [-0.3, -0.25) is 9.59 Å². The van der Waals surface area contributed by atoms with Crippen LogP contribution in [-0.4, -0.2) is 41.5 Å². The van der Waals surface area contributed by atoms with Crippen LogP contribution in [0.15, 0.2) is 45.7 Å². The Balaban J connectivity index is 1.72. The highest BCUT2D eigenvalue weighted by Gasteiger charge is 2.33. The molecule has 0 aliphatic carbocycles. The number of halogens is 1. The molecule has 0 spiro atoms. The Morgan fingerprint density at radius 2 is 1.90 bits per heavy atom. The zero-order valence-corrected chi connectivity index (χ0v) is 17.7. The van der Waals surface area contributed by atoms with Crippen LogP contribution in [0.1, 0.15) is 35.1 Å². The number of rotatable bonds is 4. The summed E-state index contributed by atoms with van der Waals surface area (Å²) in [6.45, 7) is 0.595. The molecule has 0 bridgehead atoms.